The third-order valence-electron chi connectivity index (χ3n) is 8.72. The Bertz CT molecular complexity index is 2030. The number of hydrogen-bond acceptors (Lipinski definition) is 7. The minimum Gasteiger partial charge on any atom is -0.487 e. The number of halogens is 2. The number of aryl methyl sites for hydroxylation is 2. The fourth-order valence-electron chi connectivity index (χ4n) is 5.66. The molecule has 0 aliphatic carbocycles. The van der Waals surface area contributed by atoms with Gasteiger partial charge in [0, 0.05) is 56.0 Å². The zero-order valence-electron chi connectivity index (χ0n) is 29.1. The van der Waals surface area contributed by atoms with E-state index in [1.807, 2.05) is 104 Å². The number of piperazine rings is 1. The zero-order valence-corrected chi connectivity index (χ0v) is 30.6. The van der Waals surface area contributed by atoms with Crippen LogP contribution in [0.15, 0.2) is 109 Å². The van der Waals surface area contributed by atoms with E-state index in [2.05, 4.69) is 9.88 Å². The number of carbonyl (C=O) groups is 2. The summed E-state index contributed by atoms with van der Waals surface area (Å²) in [5.74, 6) is 2.28. The van der Waals surface area contributed by atoms with Crippen molar-refractivity contribution in [2.75, 3.05) is 32.8 Å². The summed E-state index contributed by atoms with van der Waals surface area (Å²) >= 11 is 12.3. The van der Waals surface area contributed by atoms with Gasteiger partial charge in [-0.3, -0.25) is 14.5 Å². The Morgan fingerprint density at radius 1 is 0.827 bits per heavy atom. The summed E-state index contributed by atoms with van der Waals surface area (Å²) in [5, 5.41) is 0.956. The number of hydrogen-bond donors (Lipinski definition) is 0. The van der Waals surface area contributed by atoms with Crippen molar-refractivity contribution in [1.29, 1.82) is 0 Å². The highest BCUT2D eigenvalue weighted by molar-refractivity contribution is 6.42. The molecule has 6 rings (SSSR count). The van der Waals surface area contributed by atoms with Crippen LogP contribution in [0.25, 0.3) is 6.08 Å². The first-order valence-corrected chi connectivity index (χ1v) is 17.8. The molecule has 0 atom stereocenters. The van der Waals surface area contributed by atoms with Gasteiger partial charge in [0.1, 0.15) is 23.9 Å². The van der Waals surface area contributed by atoms with Crippen molar-refractivity contribution in [3.05, 3.63) is 153 Å². The van der Waals surface area contributed by atoms with Crippen LogP contribution in [0, 0.1) is 13.8 Å². The highest BCUT2D eigenvalue weighted by Crippen LogP contribution is 2.28. The molecule has 1 aliphatic rings. The molecule has 52 heavy (non-hydrogen) atoms. The SMILES string of the molecule is Cc1ccc(C(=O)COc2ccc(CN3CCN(C(=O)/C=C/c4ccc(Oc5ccc(OCc6cccc(Cl)c6Cl)cn5)c(C)c4)CC3)cc2)cc1. The van der Waals surface area contributed by atoms with Gasteiger partial charge in [-0.15, -0.1) is 0 Å². The van der Waals surface area contributed by atoms with Crippen molar-refractivity contribution in [3.63, 3.8) is 0 Å². The maximum Gasteiger partial charge on any atom is 0.246 e. The Kier molecular flexibility index (Phi) is 12.2. The van der Waals surface area contributed by atoms with Crippen molar-refractivity contribution >= 4 is 41.0 Å². The lowest BCUT2D eigenvalue weighted by Gasteiger charge is -2.34. The largest absolute Gasteiger partial charge is 0.487 e. The molecule has 266 valence electrons. The first kappa shape index (κ1) is 36.6. The second-order valence-electron chi connectivity index (χ2n) is 12.6. The molecule has 0 N–H and O–H groups in total. The molecule has 0 radical (unpaired) electrons. The van der Waals surface area contributed by atoms with Crippen molar-refractivity contribution < 1.29 is 23.8 Å². The minimum absolute atomic E-state index is 0.000168. The van der Waals surface area contributed by atoms with Gasteiger partial charge in [0.05, 0.1) is 16.2 Å². The van der Waals surface area contributed by atoms with Gasteiger partial charge in [-0.25, -0.2) is 4.98 Å². The van der Waals surface area contributed by atoms with E-state index in [-0.39, 0.29) is 24.9 Å². The maximum atomic E-state index is 13.0. The number of ketones is 1. The summed E-state index contributed by atoms with van der Waals surface area (Å²) in [7, 11) is 0. The lowest BCUT2D eigenvalue weighted by molar-refractivity contribution is -0.127. The molecule has 0 spiro atoms. The average molecular weight is 737 g/mol. The number of nitrogens with zero attached hydrogens (tertiary/aromatic N) is 3. The number of aromatic nitrogens is 1. The number of carbonyl (C=O) groups excluding carboxylic acids is 2. The Balaban J connectivity index is 0.921. The topological polar surface area (TPSA) is 81.2 Å². The van der Waals surface area contributed by atoms with E-state index in [0.717, 1.165) is 47.5 Å². The van der Waals surface area contributed by atoms with Crippen LogP contribution in [-0.2, 0) is 17.9 Å². The van der Waals surface area contributed by atoms with Crippen molar-refractivity contribution in [2.24, 2.45) is 0 Å². The number of pyridine rings is 1. The molecule has 10 heteroatoms. The van der Waals surface area contributed by atoms with E-state index in [9.17, 15) is 9.59 Å². The summed E-state index contributed by atoms with van der Waals surface area (Å²) in [6, 6.07) is 30.0. The van der Waals surface area contributed by atoms with Gasteiger partial charge in [0.2, 0.25) is 11.8 Å². The number of rotatable bonds is 13. The molecule has 1 aromatic heterocycles. The Morgan fingerprint density at radius 2 is 1.58 bits per heavy atom. The third kappa shape index (κ3) is 10.0. The Labute approximate surface area is 314 Å². The van der Waals surface area contributed by atoms with E-state index in [1.165, 1.54) is 0 Å². The fourth-order valence-corrected chi connectivity index (χ4v) is 6.03. The molecule has 1 fully saturated rings. The molecule has 4 aromatic carbocycles. The maximum absolute atomic E-state index is 13.0. The van der Waals surface area contributed by atoms with Gasteiger partial charge < -0.3 is 19.1 Å². The molecular formula is C42H39Cl2N3O5. The normalized spacial score (nSPS) is 13.3. The number of amides is 1. The van der Waals surface area contributed by atoms with Crippen LogP contribution >= 0.6 is 23.2 Å². The fraction of sp³-hybridized carbons (Fsp3) is 0.214. The van der Waals surface area contributed by atoms with Crippen molar-refractivity contribution in [2.45, 2.75) is 27.0 Å². The van der Waals surface area contributed by atoms with Crippen molar-refractivity contribution in [3.8, 4) is 23.1 Å². The highest BCUT2D eigenvalue weighted by Gasteiger charge is 2.20. The first-order valence-electron chi connectivity index (χ1n) is 17.0. The van der Waals surface area contributed by atoms with Crippen LogP contribution in [0.3, 0.4) is 0 Å². The average Bonchev–Trinajstić information content (AvgIpc) is 3.16. The second kappa shape index (κ2) is 17.4. The second-order valence-corrected chi connectivity index (χ2v) is 13.4. The van der Waals surface area contributed by atoms with E-state index >= 15 is 0 Å². The molecule has 8 nitrogen and oxygen atoms in total. The summed E-state index contributed by atoms with van der Waals surface area (Å²) in [4.78, 5) is 34.0. The van der Waals surface area contributed by atoms with Gasteiger partial charge in [-0.05, 0) is 73.0 Å². The van der Waals surface area contributed by atoms with E-state index in [4.69, 9.17) is 37.4 Å². The van der Waals surface area contributed by atoms with Gasteiger partial charge in [-0.1, -0.05) is 83.4 Å². The van der Waals surface area contributed by atoms with Crippen LogP contribution < -0.4 is 14.2 Å². The van der Waals surface area contributed by atoms with Crippen LogP contribution in [-0.4, -0.2) is 59.3 Å². The quantitative estimate of drug-likeness (QED) is 0.0882. The number of ether oxygens (including phenoxy) is 3. The van der Waals surface area contributed by atoms with Crippen LogP contribution in [0.4, 0.5) is 0 Å². The summed E-state index contributed by atoms with van der Waals surface area (Å²) in [6.45, 7) is 7.87. The summed E-state index contributed by atoms with van der Waals surface area (Å²) in [5.41, 5.74) is 5.51. The molecule has 0 bridgehead atoms. The predicted molar refractivity (Wildman–Crippen MR) is 205 cm³/mol. The molecule has 0 unspecified atom stereocenters. The van der Waals surface area contributed by atoms with Crippen LogP contribution in [0.5, 0.6) is 23.1 Å². The molecule has 0 saturated carbocycles. The Morgan fingerprint density at radius 3 is 2.29 bits per heavy atom. The molecular weight excluding hydrogens is 697 g/mol. The Hall–Kier alpha value is -5.15. The smallest absolute Gasteiger partial charge is 0.246 e. The third-order valence-corrected chi connectivity index (χ3v) is 9.58. The predicted octanol–water partition coefficient (Wildman–Crippen LogP) is 9.00. The van der Waals surface area contributed by atoms with Gasteiger partial charge in [-0.2, -0.15) is 0 Å². The first-order chi connectivity index (χ1) is 25.2. The van der Waals surface area contributed by atoms with E-state index in [1.54, 1.807) is 30.5 Å². The van der Waals surface area contributed by atoms with Crippen LogP contribution in [0.1, 0.15) is 38.2 Å². The molecule has 5 aromatic rings. The summed E-state index contributed by atoms with van der Waals surface area (Å²) in [6.07, 6.45) is 5.06. The lowest BCUT2D eigenvalue weighted by atomic mass is 10.1. The van der Waals surface area contributed by atoms with E-state index < -0.39 is 0 Å². The number of Topliss-reactive ketones (excluding diaryl/α,β-unsaturated/α-hetero) is 1. The van der Waals surface area contributed by atoms with E-state index in [0.29, 0.717) is 51.8 Å². The summed E-state index contributed by atoms with van der Waals surface area (Å²) < 4.78 is 17.5. The molecule has 1 aliphatic heterocycles. The van der Waals surface area contributed by atoms with Gasteiger partial charge in [0.15, 0.2) is 12.4 Å². The molecule has 1 amide bonds. The van der Waals surface area contributed by atoms with Gasteiger partial charge >= 0.3 is 0 Å². The van der Waals surface area contributed by atoms with Crippen LogP contribution in [0.2, 0.25) is 10.0 Å². The molecule has 1 saturated heterocycles. The zero-order chi connectivity index (χ0) is 36.5. The molecule has 2 heterocycles. The highest BCUT2D eigenvalue weighted by atomic mass is 35.5. The van der Waals surface area contributed by atoms with Crippen molar-refractivity contribution in [1.82, 2.24) is 14.8 Å². The monoisotopic (exact) mass is 735 g/mol. The number of benzene rings is 4. The minimum atomic E-state index is -0.0501. The lowest BCUT2D eigenvalue weighted by Crippen LogP contribution is -2.47. The van der Waals surface area contributed by atoms with Gasteiger partial charge in [0.25, 0.3) is 0 Å². The standard InChI is InChI=1S/C42H39Cl2N3O5/c1-29-6-12-33(13-7-29)38(48)28-51-35-14-8-32(9-15-35)26-46-20-22-47(23-21-46)41(49)19-11-31-10-17-39(30(2)24-31)52-40-18-16-36(25-45-40)50-27-34-4-3-5-37(43)42(34)44/h3-19,24-25H,20-23,26-28H2,1-2H3/b19-11+.